The Morgan fingerprint density at radius 1 is 1.17 bits per heavy atom. The molecule has 0 saturated carbocycles. The molecule has 24 heavy (non-hydrogen) atoms. The van der Waals surface area contributed by atoms with Gasteiger partial charge in [-0.2, -0.15) is 4.98 Å². The summed E-state index contributed by atoms with van der Waals surface area (Å²) in [7, 11) is 0. The highest BCUT2D eigenvalue weighted by molar-refractivity contribution is 5.78. The van der Waals surface area contributed by atoms with Gasteiger partial charge in [0.25, 0.3) is 0 Å². The molecule has 1 aliphatic rings. The molecule has 0 unspecified atom stereocenters. The topological polar surface area (TPSA) is 55.3 Å². The Balaban J connectivity index is 1.51. The molecule has 0 spiro atoms. The zero-order chi connectivity index (χ0) is 16.9. The highest BCUT2D eigenvalue weighted by Gasteiger charge is 2.24. The second kappa shape index (κ2) is 7.43. The molecule has 5 heteroatoms. The van der Waals surface area contributed by atoms with Gasteiger partial charge in [-0.05, 0) is 19.4 Å². The quantitative estimate of drug-likeness (QED) is 0.867. The van der Waals surface area contributed by atoms with Gasteiger partial charge in [-0.1, -0.05) is 30.3 Å². The number of nitrogens with zero attached hydrogens (tertiary/aromatic N) is 3. The number of benzene rings is 1. The summed E-state index contributed by atoms with van der Waals surface area (Å²) < 4.78 is 5.97. The maximum absolute atomic E-state index is 12.4. The summed E-state index contributed by atoms with van der Waals surface area (Å²) >= 11 is 0. The smallest absolute Gasteiger partial charge is 0.226 e. The van der Waals surface area contributed by atoms with E-state index in [4.69, 9.17) is 4.74 Å². The van der Waals surface area contributed by atoms with Crippen LogP contribution in [-0.4, -0.2) is 40.0 Å². The number of carbonyl (C=O) groups excluding carboxylic acids is 1. The molecule has 0 radical (unpaired) electrons. The molecule has 0 bridgehead atoms. The lowest BCUT2D eigenvalue weighted by molar-refractivity contribution is -0.132. The minimum absolute atomic E-state index is 0.111. The van der Waals surface area contributed by atoms with Gasteiger partial charge >= 0.3 is 0 Å². The molecule has 5 nitrogen and oxygen atoms in total. The van der Waals surface area contributed by atoms with E-state index in [9.17, 15) is 4.79 Å². The second-order valence-electron chi connectivity index (χ2n) is 6.26. The number of likely N-dealkylation sites (tertiary alicyclic amines) is 1. The second-order valence-corrected chi connectivity index (χ2v) is 6.26. The summed E-state index contributed by atoms with van der Waals surface area (Å²) in [5, 5.41) is 0. The van der Waals surface area contributed by atoms with Crippen molar-refractivity contribution in [2.75, 3.05) is 13.1 Å². The SMILES string of the molecule is Cc1cc(OC2CCN(C(=O)Cc3ccccc3)CC2)nc(C)n1. The highest BCUT2D eigenvalue weighted by atomic mass is 16.5. The van der Waals surface area contributed by atoms with Crippen molar-refractivity contribution in [3.05, 3.63) is 53.5 Å². The van der Waals surface area contributed by atoms with Gasteiger partial charge in [-0.3, -0.25) is 4.79 Å². The fraction of sp³-hybridized carbons (Fsp3) is 0.421. The number of ether oxygens (including phenoxy) is 1. The summed E-state index contributed by atoms with van der Waals surface area (Å²) in [4.78, 5) is 22.9. The minimum Gasteiger partial charge on any atom is -0.474 e. The van der Waals surface area contributed by atoms with Gasteiger partial charge in [0.05, 0.1) is 6.42 Å². The van der Waals surface area contributed by atoms with Crippen molar-refractivity contribution in [3.8, 4) is 5.88 Å². The first-order valence-corrected chi connectivity index (χ1v) is 8.41. The average Bonchev–Trinajstić information content (AvgIpc) is 2.55. The zero-order valence-electron chi connectivity index (χ0n) is 14.2. The van der Waals surface area contributed by atoms with E-state index in [-0.39, 0.29) is 12.0 Å². The minimum atomic E-state index is 0.111. The van der Waals surface area contributed by atoms with Crippen molar-refractivity contribution in [1.82, 2.24) is 14.9 Å². The molecule has 126 valence electrons. The van der Waals surface area contributed by atoms with E-state index in [0.29, 0.717) is 12.3 Å². The van der Waals surface area contributed by atoms with Gasteiger partial charge < -0.3 is 9.64 Å². The van der Waals surface area contributed by atoms with Crippen molar-refractivity contribution in [3.63, 3.8) is 0 Å². The summed E-state index contributed by atoms with van der Waals surface area (Å²) in [5.41, 5.74) is 1.97. The third kappa shape index (κ3) is 4.31. The monoisotopic (exact) mass is 325 g/mol. The number of piperidine rings is 1. The fourth-order valence-corrected chi connectivity index (χ4v) is 3.02. The van der Waals surface area contributed by atoms with Crippen LogP contribution >= 0.6 is 0 Å². The largest absolute Gasteiger partial charge is 0.474 e. The molecule has 1 saturated heterocycles. The van der Waals surface area contributed by atoms with Gasteiger partial charge in [0, 0.05) is 37.7 Å². The predicted molar refractivity (Wildman–Crippen MR) is 91.9 cm³/mol. The third-order valence-corrected chi connectivity index (χ3v) is 4.22. The number of carbonyl (C=O) groups is 1. The number of aromatic nitrogens is 2. The third-order valence-electron chi connectivity index (χ3n) is 4.22. The van der Waals surface area contributed by atoms with Crippen molar-refractivity contribution < 1.29 is 9.53 Å². The summed E-state index contributed by atoms with van der Waals surface area (Å²) in [6, 6.07) is 11.7. The number of hydrogen-bond acceptors (Lipinski definition) is 4. The van der Waals surface area contributed by atoms with Crippen molar-refractivity contribution >= 4 is 5.91 Å². The van der Waals surface area contributed by atoms with Crippen molar-refractivity contribution in [2.45, 2.75) is 39.2 Å². The molecule has 3 rings (SSSR count). The fourth-order valence-electron chi connectivity index (χ4n) is 3.02. The maximum Gasteiger partial charge on any atom is 0.226 e. The van der Waals surface area contributed by atoms with E-state index in [1.165, 1.54) is 0 Å². The molecule has 0 N–H and O–H groups in total. The van der Waals surface area contributed by atoms with Crippen LogP contribution in [0, 0.1) is 13.8 Å². The summed E-state index contributed by atoms with van der Waals surface area (Å²) in [6.45, 7) is 5.27. The van der Waals surface area contributed by atoms with Gasteiger partial charge in [0.1, 0.15) is 11.9 Å². The zero-order valence-corrected chi connectivity index (χ0v) is 14.2. The van der Waals surface area contributed by atoms with Crippen LogP contribution in [0.5, 0.6) is 5.88 Å². The van der Waals surface area contributed by atoms with Crippen LogP contribution in [-0.2, 0) is 11.2 Å². The Morgan fingerprint density at radius 3 is 2.54 bits per heavy atom. The molecule has 1 amide bonds. The Labute approximate surface area is 142 Å². The first kappa shape index (κ1) is 16.4. The molecule has 1 aromatic heterocycles. The van der Waals surface area contributed by atoms with Crippen LogP contribution < -0.4 is 4.74 Å². The molecular weight excluding hydrogens is 302 g/mol. The lowest BCUT2D eigenvalue weighted by Crippen LogP contribution is -2.42. The van der Waals surface area contributed by atoms with E-state index in [2.05, 4.69) is 9.97 Å². The standard InChI is InChI=1S/C19H23N3O2/c1-14-12-18(21-15(2)20-14)24-17-8-10-22(11-9-17)19(23)13-16-6-4-3-5-7-16/h3-7,12,17H,8-11,13H2,1-2H3. The van der Waals surface area contributed by atoms with Crippen molar-refractivity contribution in [1.29, 1.82) is 0 Å². The number of aryl methyl sites for hydroxylation is 2. The van der Waals surface area contributed by atoms with Crippen LogP contribution in [0.15, 0.2) is 36.4 Å². The number of amides is 1. The normalized spacial score (nSPS) is 15.3. The molecular formula is C19H23N3O2. The van der Waals surface area contributed by atoms with Crippen LogP contribution in [0.4, 0.5) is 0 Å². The van der Waals surface area contributed by atoms with Gasteiger partial charge in [-0.15, -0.1) is 0 Å². The van der Waals surface area contributed by atoms with Gasteiger partial charge in [0.2, 0.25) is 11.8 Å². The lowest BCUT2D eigenvalue weighted by Gasteiger charge is -2.32. The highest BCUT2D eigenvalue weighted by Crippen LogP contribution is 2.18. The van der Waals surface area contributed by atoms with Crippen LogP contribution in [0.3, 0.4) is 0 Å². The van der Waals surface area contributed by atoms with Gasteiger partial charge in [0.15, 0.2) is 0 Å². The Hall–Kier alpha value is -2.43. The van der Waals surface area contributed by atoms with E-state index in [0.717, 1.165) is 43.0 Å². The number of rotatable bonds is 4. The molecule has 2 heterocycles. The number of hydrogen-bond donors (Lipinski definition) is 0. The van der Waals surface area contributed by atoms with E-state index >= 15 is 0 Å². The Kier molecular flexibility index (Phi) is 5.08. The molecule has 0 atom stereocenters. The molecule has 0 aliphatic carbocycles. The molecule has 1 aromatic carbocycles. The molecule has 1 fully saturated rings. The molecule has 1 aliphatic heterocycles. The Morgan fingerprint density at radius 2 is 1.88 bits per heavy atom. The maximum atomic E-state index is 12.4. The first-order valence-electron chi connectivity index (χ1n) is 8.41. The first-order chi connectivity index (χ1) is 11.6. The van der Waals surface area contributed by atoms with Crippen LogP contribution in [0.1, 0.15) is 29.9 Å². The van der Waals surface area contributed by atoms with Gasteiger partial charge in [-0.25, -0.2) is 4.98 Å². The van der Waals surface area contributed by atoms with E-state index in [1.807, 2.05) is 55.1 Å². The average molecular weight is 325 g/mol. The predicted octanol–water partition coefficient (Wildman–Crippen LogP) is 2.71. The van der Waals surface area contributed by atoms with E-state index < -0.39 is 0 Å². The summed E-state index contributed by atoms with van der Waals surface area (Å²) in [6.07, 6.45) is 2.25. The van der Waals surface area contributed by atoms with Crippen molar-refractivity contribution in [2.24, 2.45) is 0 Å². The van der Waals surface area contributed by atoms with E-state index in [1.54, 1.807) is 0 Å². The van der Waals surface area contributed by atoms with Crippen LogP contribution in [0.25, 0.3) is 0 Å². The van der Waals surface area contributed by atoms with Crippen LogP contribution in [0.2, 0.25) is 0 Å². The summed E-state index contributed by atoms with van der Waals surface area (Å²) in [5.74, 6) is 1.54. The lowest BCUT2D eigenvalue weighted by atomic mass is 10.1. The molecule has 2 aromatic rings. The Bertz CT molecular complexity index is 675.